The van der Waals surface area contributed by atoms with Gasteiger partial charge >= 0.3 is 0 Å². The summed E-state index contributed by atoms with van der Waals surface area (Å²) in [5.74, 6) is 1.22. The third-order valence-corrected chi connectivity index (χ3v) is 2.96. The Morgan fingerprint density at radius 2 is 2.05 bits per heavy atom. The van der Waals surface area contributed by atoms with E-state index in [4.69, 9.17) is 5.26 Å². The normalized spacial score (nSPS) is 9.95. The summed E-state index contributed by atoms with van der Waals surface area (Å²) in [5.41, 5.74) is 2.12. The molecule has 0 aliphatic rings. The van der Waals surface area contributed by atoms with Crippen LogP contribution in [0.15, 0.2) is 55.1 Å². The van der Waals surface area contributed by atoms with Crippen molar-refractivity contribution in [3.63, 3.8) is 0 Å². The lowest BCUT2D eigenvalue weighted by Crippen LogP contribution is -2.04. The predicted octanol–water partition coefficient (Wildman–Crippen LogP) is 2.42. The molecular formula is C16H12N6. The summed E-state index contributed by atoms with van der Waals surface area (Å²) in [6.07, 6.45) is 6.56. The van der Waals surface area contributed by atoms with Crippen molar-refractivity contribution in [2.45, 2.75) is 6.54 Å². The van der Waals surface area contributed by atoms with Crippen molar-refractivity contribution in [1.82, 2.24) is 19.9 Å². The first-order valence-corrected chi connectivity index (χ1v) is 6.67. The summed E-state index contributed by atoms with van der Waals surface area (Å²) < 4.78 is 0. The zero-order chi connectivity index (χ0) is 15.2. The van der Waals surface area contributed by atoms with E-state index in [0.717, 1.165) is 5.69 Å². The molecule has 3 aromatic rings. The van der Waals surface area contributed by atoms with Gasteiger partial charge in [0.15, 0.2) is 5.82 Å². The van der Waals surface area contributed by atoms with Gasteiger partial charge in [-0.2, -0.15) is 5.26 Å². The van der Waals surface area contributed by atoms with Crippen LogP contribution in [0.2, 0.25) is 0 Å². The number of hydrogen-bond donors (Lipinski definition) is 1. The van der Waals surface area contributed by atoms with Gasteiger partial charge in [0.2, 0.25) is 0 Å². The van der Waals surface area contributed by atoms with E-state index in [-0.39, 0.29) is 0 Å². The monoisotopic (exact) mass is 288 g/mol. The highest BCUT2D eigenvalue weighted by Crippen LogP contribution is 2.16. The number of hydrogen-bond acceptors (Lipinski definition) is 6. The van der Waals surface area contributed by atoms with Gasteiger partial charge in [-0.05, 0) is 24.3 Å². The topological polar surface area (TPSA) is 87.4 Å². The second-order valence-electron chi connectivity index (χ2n) is 4.51. The summed E-state index contributed by atoms with van der Waals surface area (Å²) in [5, 5.41) is 12.1. The quantitative estimate of drug-likeness (QED) is 0.793. The van der Waals surface area contributed by atoms with Crippen molar-refractivity contribution in [1.29, 1.82) is 5.26 Å². The Kier molecular flexibility index (Phi) is 3.98. The highest BCUT2D eigenvalue weighted by Gasteiger charge is 2.04. The maximum absolute atomic E-state index is 8.92. The number of nitrogens with zero attached hydrogens (tertiary/aromatic N) is 5. The molecular weight excluding hydrogens is 276 g/mol. The average Bonchev–Trinajstić information content (AvgIpc) is 2.61. The number of nitriles is 1. The largest absolute Gasteiger partial charge is 0.364 e. The number of rotatable bonds is 4. The summed E-state index contributed by atoms with van der Waals surface area (Å²) in [6, 6.07) is 11.3. The lowest BCUT2D eigenvalue weighted by atomic mass is 10.2. The highest BCUT2D eigenvalue weighted by molar-refractivity contribution is 5.57. The maximum atomic E-state index is 8.92. The van der Waals surface area contributed by atoms with E-state index >= 15 is 0 Å². The molecule has 0 aliphatic carbocycles. The molecule has 0 radical (unpaired) electrons. The minimum atomic E-state index is 0.480. The van der Waals surface area contributed by atoms with Gasteiger partial charge in [0.25, 0.3) is 0 Å². The molecule has 0 atom stereocenters. The fourth-order valence-corrected chi connectivity index (χ4v) is 1.90. The van der Waals surface area contributed by atoms with Crippen molar-refractivity contribution in [3.05, 3.63) is 66.4 Å². The first kappa shape index (κ1) is 13.6. The molecule has 0 spiro atoms. The van der Waals surface area contributed by atoms with Gasteiger partial charge in [0.05, 0.1) is 17.8 Å². The van der Waals surface area contributed by atoms with Crippen LogP contribution in [-0.4, -0.2) is 19.9 Å². The lowest BCUT2D eigenvalue weighted by molar-refractivity contribution is 1.02. The summed E-state index contributed by atoms with van der Waals surface area (Å²) in [6.45, 7) is 0.577. The Labute approximate surface area is 127 Å². The lowest BCUT2D eigenvalue weighted by Gasteiger charge is -2.06. The van der Waals surface area contributed by atoms with Crippen LogP contribution in [-0.2, 0) is 6.54 Å². The molecule has 0 aliphatic heterocycles. The second-order valence-corrected chi connectivity index (χ2v) is 4.51. The van der Waals surface area contributed by atoms with Gasteiger partial charge in [-0.25, -0.2) is 9.97 Å². The maximum Gasteiger partial charge on any atom is 0.163 e. The van der Waals surface area contributed by atoms with Gasteiger partial charge < -0.3 is 5.32 Å². The van der Waals surface area contributed by atoms with Crippen LogP contribution in [0.5, 0.6) is 0 Å². The van der Waals surface area contributed by atoms with E-state index in [1.807, 2.05) is 18.2 Å². The smallest absolute Gasteiger partial charge is 0.163 e. The molecule has 22 heavy (non-hydrogen) atoms. The van der Waals surface area contributed by atoms with Gasteiger partial charge in [-0.1, -0.05) is 6.07 Å². The zero-order valence-electron chi connectivity index (χ0n) is 11.6. The minimum Gasteiger partial charge on any atom is -0.364 e. The summed E-state index contributed by atoms with van der Waals surface area (Å²) >= 11 is 0. The molecule has 0 fully saturated rings. The van der Waals surface area contributed by atoms with Crippen LogP contribution >= 0.6 is 0 Å². The number of anilines is 1. The highest BCUT2D eigenvalue weighted by atomic mass is 15.0. The Morgan fingerprint density at radius 1 is 1.09 bits per heavy atom. The van der Waals surface area contributed by atoms with Crippen molar-refractivity contribution in [2.24, 2.45) is 0 Å². The van der Waals surface area contributed by atoms with E-state index in [0.29, 0.717) is 29.3 Å². The Balaban J connectivity index is 1.79. The zero-order valence-corrected chi connectivity index (χ0v) is 11.6. The van der Waals surface area contributed by atoms with E-state index < -0.39 is 0 Å². The van der Waals surface area contributed by atoms with Gasteiger partial charge in [0.1, 0.15) is 11.9 Å². The molecule has 0 bridgehead atoms. The molecule has 6 heteroatoms. The third-order valence-electron chi connectivity index (χ3n) is 2.96. The number of pyridine rings is 2. The predicted molar refractivity (Wildman–Crippen MR) is 81.5 cm³/mol. The minimum absolute atomic E-state index is 0.480. The van der Waals surface area contributed by atoms with Crippen LogP contribution in [0.25, 0.3) is 11.4 Å². The van der Waals surface area contributed by atoms with Crippen LogP contribution in [0, 0.1) is 11.3 Å². The second kappa shape index (κ2) is 6.41. The summed E-state index contributed by atoms with van der Waals surface area (Å²) in [4.78, 5) is 16.9. The van der Waals surface area contributed by atoms with Gasteiger partial charge in [0, 0.05) is 30.4 Å². The SMILES string of the molecule is N#Cc1cncc(-c2nccc(NCc3ccccn3)n2)c1. The van der Waals surface area contributed by atoms with Crippen LogP contribution in [0.1, 0.15) is 11.3 Å². The van der Waals surface area contributed by atoms with Gasteiger partial charge in [-0.3, -0.25) is 9.97 Å². The van der Waals surface area contributed by atoms with E-state index in [2.05, 4.69) is 31.3 Å². The van der Waals surface area contributed by atoms with E-state index in [1.54, 1.807) is 30.7 Å². The fraction of sp³-hybridized carbons (Fsp3) is 0.0625. The standard InChI is InChI=1S/C16H12N6/c17-8-12-7-13(10-18-9-12)16-20-6-4-15(22-16)21-11-14-3-1-2-5-19-14/h1-7,9-10H,11H2,(H,20,21,22). The molecule has 0 saturated carbocycles. The molecule has 3 aromatic heterocycles. The molecule has 0 unspecified atom stereocenters. The summed E-state index contributed by atoms with van der Waals surface area (Å²) in [7, 11) is 0. The Morgan fingerprint density at radius 3 is 2.86 bits per heavy atom. The fourth-order valence-electron chi connectivity index (χ4n) is 1.90. The first-order chi connectivity index (χ1) is 10.8. The Hall–Kier alpha value is -3.33. The first-order valence-electron chi connectivity index (χ1n) is 6.67. The number of aromatic nitrogens is 4. The van der Waals surface area contributed by atoms with E-state index in [9.17, 15) is 0 Å². The molecule has 0 amide bonds. The molecule has 1 N–H and O–H groups in total. The molecule has 0 saturated heterocycles. The van der Waals surface area contributed by atoms with E-state index in [1.165, 1.54) is 6.20 Å². The van der Waals surface area contributed by atoms with Crippen LogP contribution in [0.3, 0.4) is 0 Å². The van der Waals surface area contributed by atoms with Gasteiger partial charge in [-0.15, -0.1) is 0 Å². The molecule has 3 rings (SSSR count). The van der Waals surface area contributed by atoms with Crippen molar-refractivity contribution in [2.75, 3.05) is 5.32 Å². The molecule has 6 nitrogen and oxygen atoms in total. The average molecular weight is 288 g/mol. The van der Waals surface area contributed by atoms with Crippen molar-refractivity contribution in [3.8, 4) is 17.5 Å². The number of nitrogens with one attached hydrogen (secondary N) is 1. The third kappa shape index (κ3) is 3.22. The Bertz CT molecular complexity index is 810. The van der Waals surface area contributed by atoms with Crippen LogP contribution in [0.4, 0.5) is 5.82 Å². The van der Waals surface area contributed by atoms with Crippen molar-refractivity contribution >= 4 is 5.82 Å². The van der Waals surface area contributed by atoms with Crippen LogP contribution < -0.4 is 5.32 Å². The molecule has 3 heterocycles. The molecule has 106 valence electrons. The molecule has 0 aromatic carbocycles. The van der Waals surface area contributed by atoms with Crippen molar-refractivity contribution < 1.29 is 0 Å².